The number of aliphatic hydroxyl groups is 1. The number of nitrogens with zero attached hydrogens (tertiary/aromatic N) is 1. The van der Waals surface area contributed by atoms with Crippen molar-refractivity contribution >= 4 is 34.5 Å². The van der Waals surface area contributed by atoms with Gasteiger partial charge in [0.1, 0.15) is 11.3 Å². The molecule has 1 unspecified atom stereocenters. The van der Waals surface area contributed by atoms with Gasteiger partial charge in [-0.2, -0.15) is 0 Å². The maximum absolute atomic E-state index is 10.0. The molecule has 2 nitrogen and oxygen atoms in total. The van der Waals surface area contributed by atoms with Crippen molar-refractivity contribution in [3.05, 3.63) is 50.4 Å². The minimum atomic E-state index is -0.738. The van der Waals surface area contributed by atoms with E-state index in [0.717, 1.165) is 4.88 Å². The molecule has 1 atom stereocenters. The second kappa shape index (κ2) is 4.49. The fraction of sp³-hybridized carbons (Fsp3) is 0.100. The highest BCUT2D eigenvalue weighted by molar-refractivity contribution is 7.10. The minimum absolute atomic E-state index is 0.360. The van der Waals surface area contributed by atoms with E-state index < -0.39 is 6.10 Å². The van der Waals surface area contributed by atoms with Crippen LogP contribution in [0.25, 0.3) is 0 Å². The molecular weight excluding hydrogens is 253 g/mol. The number of hydrogen-bond acceptors (Lipinski definition) is 3. The second-order valence-electron chi connectivity index (χ2n) is 2.95. The van der Waals surface area contributed by atoms with Gasteiger partial charge in [0.25, 0.3) is 0 Å². The molecule has 15 heavy (non-hydrogen) atoms. The van der Waals surface area contributed by atoms with Gasteiger partial charge in [0.15, 0.2) is 0 Å². The lowest BCUT2D eigenvalue weighted by molar-refractivity contribution is 0.224. The highest BCUT2D eigenvalue weighted by Crippen LogP contribution is 2.32. The summed E-state index contributed by atoms with van der Waals surface area (Å²) in [6.07, 6.45) is 0.820. The number of hydrogen-bond donors (Lipinski definition) is 1. The van der Waals surface area contributed by atoms with Gasteiger partial charge in [0.05, 0.1) is 9.90 Å². The smallest absolute Gasteiger partial charge is 0.129 e. The molecule has 0 saturated heterocycles. The third kappa shape index (κ3) is 2.32. The van der Waals surface area contributed by atoms with Crippen LogP contribution in [0.5, 0.6) is 0 Å². The van der Waals surface area contributed by atoms with E-state index in [1.165, 1.54) is 11.3 Å². The van der Waals surface area contributed by atoms with Crippen molar-refractivity contribution in [2.24, 2.45) is 0 Å². The Morgan fingerprint density at radius 2 is 2.13 bits per heavy atom. The summed E-state index contributed by atoms with van der Waals surface area (Å²) in [5, 5.41) is 12.8. The topological polar surface area (TPSA) is 33.1 Å². The zero-order valence-electron chi connectivity index (χ0n) is 7.52. The highest BCUT2D eigenvalue weighted by Gasteiger charge is 2.15. The van der Waals surface area contributed by atoms with Crippen LogP contribution in [-0.2, 0) is 0 Å². The Hall–Kier alpha value is -0.610. The molecule has 0 saturated carbocycles. The Kier molecular flexibility index (Phi) is 3.26. The van der Waals surface area contributed by atoms with Crippen LogP contribution in [0.2, 0.25) is 10.2 Å². The number of rotatable bonds is 2. The first kappa shape index (κ1) is 10.9. The summed E-state index contributed by atoms with van der Waals surface area (Å²) >= 11 is 13.1. The van der Waals surface area contributed by atoms with Crippen LogP contribution < -0.4 is 0 Å². The molecule has 2 rings (SSSR count). The van der Waals surface area contributed by atoms with E-state index in [1.807, 2.05) is 5.38 Å². The van der Waals surface area contributed by atoms with Gasteiger partial charge >= 0.3 is 0 Å². The number of thiophene rings is 1. The van der Waals surface area contributed by atoms with Crippen molar-refractivity contribution in [2.75, 3.05) is 0 Å². The first-order valence-corrected chi connectivity index (χ1v) is 5.84. The van der Waals surface area contributed by atoms with Crippen molar-refractivity contribution in [3.63, 3.8) is 0 Å². The SMILES string of the molecule is OC(c1ccnc(Cl)c1)c1sccc1Cl. The van der Waals surface area contributed by atoms with Gasteiger partial charge in [0.2, 0.25) is 0 Å². The standard InChI is InChI=1S/C10H7Cl2NOS/c11-7-2-4-15-10(7)9(14)6-1-3-13-8(12)5-6/h1-5,9,14H. The van der Waals surface area contributed by atoms with E-state index in [9.17, 15) is 5.11 Å². The maximum Gasteiger partial charge on any atom is 0.129 e. The highest BCUT2D eigenvalue weighted by atomic mass is 35.5. The molecule has 0 aliphatic rings. The molecule has 0 aliphatic carbocycles. The number of halogens is 2. The molecule has 2 aromatic rings. The largest absolute Gasteiger partial charge is 0.383 e. The first-order chi connectivity index (χ1) is 7.18. The van der Waals surface area contributed by atoms with Gasteiger partial charge < -0.3 is 5.11 Å². The van der Waals surface area contributed by atoms with Gasteiger partial charge in [-0.3, -0.25) is 0 Å². The molecule has 0 aromatic carbocycles. The molecular formula is C10H7Cl2NOS. The van der Waals surface area contributed by atoms with Crippen LogP contribution in [0.1, 0.15) is 16.5 Å². The third-order valence-corrected chi connectivity index (χ3v) is 3.58. The molecule has 0 fully saturated rings. The van der Waals surface area contributed by atoms with Gasteiger partial charge in [-0.1, -0.05) is 23.2 Å². The second-order valence-corrected chi connectivity index (χ2v) is 4.69. The fourth-order valence-corrected chi connectivity index (χ4v) is 2.59. The average Bonchev–Trinajstić information content (AvgIpc) is 2.63. The van der Waals surface area contributed by atoms with Crippen LogP contribution in [0.3, 0.4) is 0 Å². The predicted molar refractivity (Wildman–Crippen MR) is 62.6 cm³/mol. The summed E-state index contributed by atoms with van der Waals surface area (Å²) in [6.45, 7) is 0. The quantitative estimate of drug-likeness (QED) is 0.838. The third-order valence-electron chi connectivity index (χ3n) is 1.96. The van der Waals surface area contributed by atoms with E-state index in [1.54, 1.807) is 24.4 Å². The van der Waals surface area contributed by atoms with E-state index in [0.29, 0.717) is 15.7 Å². The fourth-order valence-electron chi connectivity index (χ4n) is 1.24. The molecule has 0 aliphatic heterocycles. The average molecular weight is 260 g/mol. The summed E-state index contributed by atoms with van der Waals surface area (Å²) in [7, 11) is 0. The number of aliphatic hydroxyl groups excluding tert-OH is 1. The Labute approximate surface area is 101 Å². The van der Waals surface area contributed by atoms with Crippen molar-refractivity contribution in [3.8, 4) is 0 Å². The maximum atomic E-state index is 10.0. The van der Waals surface area contributed by atoms with Crippen LogP contribution in [0.4, 0.5) is 0 Å². The van der Waals surface area contributed by atoms with Gasteiger partial charge in [-0.05, 0) is 29.1 Å². The minimum Gasteiger partial charge on any atom is -0.383 e. The molecule has 2 aromatic heterocycles. The molecule has 0 spiro atoms. The van der Waals surface area contributed by atoms with Crippen molar-refractivity contribution < 1.29 is 5.11 Å². The van der Waals surface area contributed by atoms with Crippen LogP contribution in [0.15, 0.2) is 29.8 Å². The molecule has 0 bridgehead atoms. The lowest BCUT2D eigenvalue weighted by Crippen LogP contribution is -1.97. The molecule has 0 amide bonds. The summed E-state index contributed by atoms with van der Waals surface area (Å²) < 4.78 is 0. The summed E-state index contributed by atoms with van der Waals surface area (Å²) in [4.78, 5) is 4.57. The summed E-state index contributed by atoms with van der Waals surface area (Å²) in [5.74, 6) is 0. The number of pyridine rings is 1. The Bertz CT molecular complexity index is 472. The van der Waals surface area contributed by atoms with Gasteiger partial charge in [-0.15, -0.1) is 11.3 Å². The Morgan fingerprint density at radius 1 is 1.33 bits per heavy atom. The van der Waals surface area contributed by atoms with Gasteiger partial charge in [0, 0.05) is 6.20 Å². The molecule has 2 heterocycles. The summed E-state index contributed by atoms with van der Waals surface area (Å²) in [5.41, 5.74) is 0.694. The van der Waals surface area contributed by atoms with Crippen molar-refractivity contribution in [1.29, 1.82) is 0 Å². The Morgan fingerprint density at radius 3 is 2.73 bits per heavy atom. The van der Waals surface area contributed by atoms with Crippen LogP contribution in [0, 0.1) is 0 Å². The first-order valence-electron chi connectivity index (χ1n) is 4.21. The normalized spacial score (nSPS) is 12.7. The van der Waals surface area contributed by atoms with Gasteiger partial charge in [-0.25, -0.2) is 4.98 Å². The molecule has 1 N–H and O–H groups in total. The molecule has 0 radical (unpaired) electrons. The number of aromatic nitrogens is 1. The van der Waals surface area contributed by atoms with E-state index in [4.69, 9.17) is 23.2 Å². The van der Waals surface area contributed by atoms with E-state index in [2.05, 4.69) is 4.98 Å². The van der Waals surface area contributed by atoms with Crippen LogP contribution in [-0.4, -0.2) is 10.1 Å². The lowest BCUT2D eigenvalue weighted by Gasteiger charge is -2.09. The van der Waals surface area contributed by atoms with E-state index >= 15 is 0 Å². The monoisotopic (exact) mass is 259 g/mol. The molecule has 78 valence electrons. The molecule has 5 heteroatoms. The van der Waals surface area contributed by atoms with E-state index in [-0.39, 0.29) is 0 Å². The predicted octanol–water partition coefficient (Wildman–Crippen LogP) is 3.53. The van der Waals surface area contributed by atoms with Crippen LogP contribution >= 0.6 is 34.5 Å². The zero-order valence-corrected chi connectivity index (χ0v) is 9.85. The zero-order chi connectivity index (χ0) is 10.8. The lowest BCUT2D eigenvalue weighted by atomic mass is 10.1. The van der Waals surface area contributed by atoms with Crippen molar-refractivity contribution in [1.82, 2.24) is 4.98 Å². The van der Waals surface area contributed by atoms with Crippen molar-refractivity contribution in [2.45, 2.75) is 6.10 Å². The summed E-state index contributed by atoms with van der Waals surface area (Å²) in [6, 6.07) is 5.10. The Balaban J connectivity index is 2.36.